The predicted molar refractivity (Wildman–Crippen MR) is 121 cm³/mol. The smallest absolute Gasteiger partial charge is 0.349 e. The lowest BCUT2D eigenvalue weighted by atomic mass is 10.0. The van der Waals surface area contributed by atoms with Gasteiger partial charge in [0.1, 0.15) is 17.3 Å². The van der Waals surface area contributed by atoms with Crippen molar-refractivity contribution in [2.75, 3.05) is 32.9 Å². The minimum absolute atomic E-state index is 0.0735. The van der Waals surface area contributed by atoms with Gasteiger partial charge in [0.05, 0.1) is 13.2 Å². The van der Waals surface area contributed by atoms with E-state index in [0.29, 0.717) is 48.7 Å². The fourth-order valence-corrected chi connectivity index (χ4v) is 3.39. The summed E-state index contributed by atoms with van der Waals surface area (Å²) in [6.07, 6.45) is 0. The van der Waals surface area contributed by atoms with Crippen LogP contribution >= 0.6 is 0 Å². The quantitative estimate of drug-likeness (QED) is 0.303. The molecule has 3 aromatic rings. The first-order valence-corrected chi connectivity index (χ1v) is 10.7. The lowest BCUT2D eigenvalue weighted by Gasteiger charge is -2.26. The first kappa shape index (κ1) is 23.1. The molecule has 0 bridgehead atoms. The molecule has 0 aromatic heterocycles. The standard InChI is InChI=1S/C26H22FNO6/c27-21-7-1-18(2-8-21)25(30)19-3-11-23(12-4-19)34-24(29)17-33-22-9-5-20(6-10-22)26(31)28-13-15-32-16-14-28/h1-12H,13-17H2. The molecule has 34 heavy (non-hydrogen) atoms. The van der Waals surface area contributed by atoms with Gasteiger partial charge in [-0.15, -0.1) is 0 Å². The summed E-state index contributed by atoms with van der Waals surface area (Å²) in [6.45, 7) is 1.85. The number of hydrogen-bond donors (Lipinski definition) is 0. The summed E-state index contributed by atoms with van der Waals surface area (Å²) in [4.78, 5) is 38.7. The highest BCUT2D eigenvalue weighted by Gasteiger charge is 2.18. The molecular formula is C26H22FNO6. The van der Waals surface area contributed by atoms with Crippen molar-refractivity contribution in [1.82, 2.24) is 4.90 Å². The number of amides is 1. The second-order valence-corrected chi connectivity index (χ2v) is 7.55. The van der Waals surface area contributed by atoms with Crippen LogP contribution in [-0.2, 0) is 9.53 Å². The topological polar surface area (TPSA) is 82.1 Å². The zero-order valence-corrected chi connectivity index (χ0v) is 18.2. The third kappa shape index (κ3) is 5.85. The van der Waals surface area contributed by atoms with Crippen molar-refractivity contribution in [2.24, 2.45) is 0 Å². The van der Waals surface area contributed by atoms with Gasteiger partial charge in [0.2, 0.25) is 0 Å². The van der Waals surface area contributed by atoms with Crippen molar-refractivity contribution in [3.05, 3.63) is 95.3 Å². The third-order valence-electron chi connectivity index (χ3n) is 5.21. The first-order chi connectivity index (χ1) is 16.5. The number of nitrogens with zero attached hydrogens (tertiary/aromatic N) is 1. The minimum atomic E-state index is -0.619. The van der Waals surface area contributed by atoms with Gasteiger partial charge < -0.3 is 19.1 Å². The number of halogens is 1. The van der Waals surface area contributed by atoms with E-state index in [1.807, 2.05) is 0 Å². The number of benzene rings is 3. The third-order valence-corrected chi connectivity index (χ3v) is 5.21. The first-order valence-electron chi connectivity index (χ1n) is 10.7. The largest absolute Gasteiger partial charge is 0.482 e. The van der Waals surface area contributed by atoms with E-state index < -0.39 is 11.8 Å². The molecule has 4 rings (SSSR count). The van der Waals surface area contributed by atoms with Gasteiger partial charge in [-0.1, -0.05) is 0 Å². The summed E-state index contributed by atoms with van der Waals surface area (Å²) < 4.78 is 29.0. The Labute approximate surface area is 195 Å². The van der Waals surface area contributed by atoms with E-state index in [9.17, 15) is 18.8 Å². The highest BCUT2D eigenvalue weighted by atomic mass is 19.1. The van der Waals surface area contributed by atoms with E-state index in [-0.39, 0.29) is 24.0 Å². The summed E-state index contributed by atoms with van der Waals surface area (Å²) >= 11 is 0. The van der Waals surface area contributed by atoms with Crippen molar-refractivity contribution >= 4 is 17.7 Å². The average Bonchev–Trinajstić information content (AvgIpc) is 2.88. The molecule has 7 nitrogen and oxygen atoms in total. The molecule has 0 radical (unpaired) electrons. The van der Waals surface area contributed by atoms with Gasteiger partial charge in [-0.05, 0) is 72.8 Å². The monoisotopic (exact) mass is 463 g/mol. The second-order valence-electron chi connectivity index (χ2n) is 7.55. The lowest BCUT2D eigenvalue weighted by molar-refractivity contribution is -0.136. The Kier molecular flexibility index (Phi) is 7.29. The number of rotatable bonds is 7. The Balaban J connectivity index is 1.27. The van der Waals surface area contributed by atoms with Gasteiger partial charge in [-0.3, -0.25) is 9.59 Å². The fraction of sp³-hybridized carbons (Fsp3) is 0.192. The predicted octanol–water partition coefficient (Wildman–Crippen LogP) is 3.51. The number of carbonyl (C=O) groups is 3. The highest BCUT2D eigenvalue weighted by Crippen LogP contribution is 2.17. The Bertz CT molecular complexity index is 1150. The molecule has 1 aliphatic rings. The van der Waals surface area contributed by atoms with Crippen LogP contribution in [0.4, 0.5) is 4.39 Å². The Morgan fingerprint density at radius 3 is 1.91 bits per heavy atom. The van der Waals surface area contributed by atoms with Crippen molar-refractivity contribution in [2.45, 2.75) is 0 Å². The molecule has 1 amide bonds. The van der Waals surface area contributed by atoms with Crippen LogP contribution in [0.15, 0.2) is 72.8 Å². The van der Waals surface area contributed by atoms with Crippen molar-refractivity contribution in [1.29, 1.82) is 0 Å². The van der Waals surface area contributed by atoms with Gasteiger partial charge in [-0.25, -0.2) is 9.18 Å². The van der Waals surface area contributed by atoms with Crippen LogP contribution in [-0.4, -0.2) is 55.5 Å². The molecule has 0 spiro atoms. The molecule has 8 heteroatoms. The van der Waals surface area contributed by atoms with Gasteiger partial charge in [0.25, 0.3) is 5.91 Å². The number of ketones is 1. The van der Waals surface area contributed by atoms with Crippen LogP contribution in [0.25, 0.3) is 0 Å². The summed E-state index contributed by atoms with van der Waals surface area (Å²) in [6, 6.07) is 17.9. The summed E-state index contributed by atoms with van der Waals surface area (Å²) in [5.74, 6) is -0.691. The molecule has 0 aliphatic carbocycles. The van der Waals surface area contributed by atoms with Crippen LogP contribution in [0.1, 0.15) is 26.3 Å². The van der Waals surface area contributed by atoms with Gasteiger partial charge in [-0.2, -0.15) is 0 Å². The number of esters is 1. The van der Waals surface area contributed by atoms with E-state index in [1.165, 1.54) is 48.5 Å². The van der Waals surface area contributed by atoms with Gasteiger partial charge >= 0.3 is 5.97 Å². The van der Waals surface area contributed by atoms with Crippen LogP contribution in [0.5, 0.6) is 11.5 Å². The maximum Gasteiger partial charge on any atom is 0.349 e. The molecule has 3 aromatic carbocycles. The Morgan fingerprint density at radius 2 is 1.29 bits per heavy atom. The van der Waals surface area contributed by atoms with Gasteiger partial charge in [0.15, 0.2) is 12.4 Å². The molecular weight excluding hydrogens is 441 g/mol. The number of hydrogen-bond acceptors (Lipinski definition) is 6. The summed E-state index contributed by atoms with van der Waals surface area (Å²) in [7, 11) is 0. The van der Waals surface area contributed by atoms with Gasteiger partial charge in [0, 0.05) is 29.8 Å². The van der Waals surface area contributed by atoms with Crippen molar-refractivity contribution in [3.63, 3.8) is 0 Å². The van der Waals surface area contributed by atoms with Crippen molar-refractivity contribution in [3.8, 4) is 11.5 Å². The number of ether oxygens (including phenoxy) is 3. The second kappa shape index (κ2) is 10.7. The molecule has 0 atom stereocenters. The summed E-state index contributed by atoms with van der Waals surface area (Å²) in [5, 5.41) is 0. The molecule has 0 saturated carbocycles. The SMILES string of the molecule is O=C(COc1ccc(C(=O)N2CCOCC2)cc1)Oc1ccc(C(=O)c2ccc(F)cc2)cc1. The zero-order chi connectivity index (χ0) is 23.9. The normalized spacial score (nSPS) is 13.3. The van der Waals surface area contributed by atoms with Crippen LogP contribution < -0.4 is 9.47 Å². The Hall–Kier alpha value is -4.04. The van der Waals surface area contributed by atoms with E-state index in [1.54, 1.807) is 29.2 Å². The highest BCUT2D eigenvalue weighted by molar-refractivity contribution is 6.09. The minimum Gasteiger partial charge on any atom is -0.482 e. The lowest BCUT2D eigenvalue weighted by Crippen LogP contribution is -2.40. The van der Waals surface area contributed by atoms with Crippen LogP contribution in [0, 0.1) is 5.82 Å². The maximum absolute atomic E-state index is 13.0. The molecule has 1 heterocycles. The zero-order valence-electron chi connectivity index (χ0n) is 18.2. The maximum atomic E-state index is 13.0. The van der Waals surface area contributed by atoms with E-state index in [4.69, 9.17) is 14.2 Å². The summed E-state index contributed by atoms with van der Waals surface area (Å²) in [5.41, 5.74) is 1.28. The van der Waals surface area contributed by atoms with Crippen molar-refractivity contribution < 1.29 is 33.0 Å². The molecule has 1 saturated heterocycles. The molecule has 0 unspecified atom stereocenters. The molecule has 0 N–H and O–H groups in total. The van der Waals surface area contributed by atoms with Crippen LogP contribution in [0.2, 0.25) is 0 Å². The van der Waals surface area contributed by atoms with E-state index >= 15 is 0 Å². The average molecular weight is 463 g/mol. The number of carbonyl (C=O) groups excluding carboxylic acids is 3. The number of morpholine rings is 1. The Morgan fingerprint density at radius 1 is 0.765 bits per heavy atom. The molecule has 1 aliphatic heterocycles. The van der Waals surface area contributed by atoms with Crippen LogP contribution in [0.3, 0.4) is 0 Å². The molecule has 174 valence electrons. The van der Waals surface area contributed by atoms with E-state index in [2.05, 4.69) is 0 Å². The van der Waals surface area contributed by atoms with E-state index in [0.717, 1.165) is 0 Å². The molecule has 1 fully saturated rings. The fourth-order valence-electron chi connectivity index (χ4n) is 3.39.